The molecule has 8 heteroatoms. The van der Waals surface area contributed by atoms with Gasteiger partial charge >= 0.3 is 0 Å². The number of carbonyl (C=O) groups excluding carboxylic acids is 2. The van der Waals surface area contributed by atoms with Crippen LogP contribution in [-0.2, 0) is 9.59 Å². The van der Waals surface area contributed by atoms with Gasteiger partial charge in [0, 0.05) is 11.8 Å². The van der Waals surface area contributed by atoms with Crippen molar-refractivity contribution in [1.29, 1.82) is 0 Å². The first-order valence-electron chi connectivity index (χ1n) is 9.92. The molecule has 5 rings (SSSR count). The van der Waals surface area contributed by atoms with Gasteiger partial charge in [0.25, 0.3) is 0 Å². The van der Waals surface area contributed by atoms with Crippen LogP contribution in [0, 0.1) is 0 Å². The van der Waals surface area contributed by atoms with Gasteiger partial charge in [0.1, 0.15) is 5.54 Å². The Morgan fingerprint density at radius 2 is 1.67 bits per heavy atom. The number of nitrogens with one attached hydrogen (secondary N) is 1. The fourth-order valence-corrected chi connectivity index (χ4v) is 4.10. The van der Waals surface area contributed by atoms with E-state index in [1.807, 2.05) is 25.1 Å². The molecule has 3 heterocycles. The summed E-state index contributed by atoms with van der Waals surface area (Å²) in [6, 6.07) is 10.7. The molecule has 1 saturated heterocycles. The van der Waals surface area contributed by atoms with E-state index in [2.05, 4.69) is 5.32 Å². The first-order chi connectivity index (χ1) is 14.5. The summed E-state index contributed by atoms with van der Waals surface area (Å²) in [6.45, 7) is 4.06. The molecule has 2 amide bonds. The Morgan fingerprint density at radius 3 is 2.33 bits per heavy atom. The topological polar surface area (TPSA) is 86.3 Å². The molecular weight excluding hydrogens is 388 g/mol. The Kier molecular flexibility index (Phi) is 4.23. The third-order valence-electron chi connectivity index (χ3n) is 6.07. The lowest BCUT2D eigenvalue weighted by atomic mass is 9.83. The number of hydrogen-bond donors (Lipinski definition) is 1. The molecule has 0 saturated carbocycles. The average Bonchev–Trinajstić information content (AvgIpc) is 3.39. The van der Waals surface area contributed by atoms with Crippen LogP contribution < -0.4 is 24.3 Å². The van der Waals surface area contributed by atoms with Gasteiger partial charge in [0.15, 0.2) is 23.0 Å². The second-order valence-corrected chi connectivity index (χ2v) is 7.75. The first kappa shape index (κ1) is 18.6. The number of hydrogen-bond acceptors (Lipinski definition) is 6. The Morgan fingerprint density at radius 1 is 1.03 bits per heavy atom. The molecular formula is C22H22N2O6. The second kappa shape index (κ2) is 6.83. The third-order valence-corrected chi connectivity index (χ3v) is 6.07. The van der Waals surface area contributed by atoms with Gasteiger partial charge in [-0.1, -0.05) is 13.0 Å². The Labute approximate surface area is 173 Å². The normalized spacial score (nSPS) is 20.5. The van der Waals surface area contributed by atoms with Crippen LogP contribution in [-0.4, -0.2) is 35.8 Å². The molecule has 2 atom stereocenters. The van der Waals surface area contributed by atoms with E-state index in [0.717, 1.165) is 5.56 Å². The maximum atomic E-state index is 13.3. The van der Waals surface area contributed by atoms with Gasteiger partial charge in [-0.2, -0.15) is 0 Å². The van der Waals surface area contributed by atoms with Gasteiger partial charge in [-0.05, 0) is 43.2 Å². The third kappa shape index (κ3) is 2.82. The highest BCUT2D eigenvalue weighted by Gasteiger charge is 2.51. The first-order valence-corrected chi connectivity index (χ1v) is 9.92. The van der Waals surface area contributed by atoms with E-state index < -0.39 is 5.54 Å². The van der Waals surface area contributed by atoms with Crippen molar-refractivity contribution in [2.24, 2.45) is 0 Å². The molecule has 2 aromatic rings. The molecule has 2 aromatic carbocycles. The summed E-state index contributed by atoms with van der Waals surface area (Å²) >= 11 is 0. The van der Waals surface area contributed by atoms with Gasteiger partial charge in [-0.25, -0.2) is 0 Å². The lowest BCUT2D eigenvalue weighted by Crippen LogP contribution is -2.63. The summed E-state index contributed by atoms with van der Waals surface area (Å²) in [4.78, 5) is 27.6. The van der Waals surface area contributed by atoms with E-state index in [1.54, 1.807) is 30.0 Å². The Hall–Kier alpha value is -3.42. The van der Waals surface area contributed by atoms with Crippen LogP contribution in [0.5, 0.6) is 23.0 Å². The maximum Gasteiger partial charge on any atom is 0.250 e. The number of fused-ring (bicyclic) bond motifs is 2. The number of nitrogens with zero attached hydrogens (tertiary/aromatic N) is 1. The number of benzene rings is 2. The Balaban J connectivity index is 1.39. The number of anilines is 1. The highest BCUT2D eigenvalue weighted by molar-refractivity contribution is 6.02. The standard InChI is InChI=1S/C22H22N2O6/c1-3-22(2,21(26)23-14-5-7-17-19(9-14)30-12-28-17)24-15(10-20(24)25)13-4-6-16-18(8-13)29-11-27-16/h4-9,15H,3,10-12H2,1-2H3,(H,23,26). The zero-order valence-corrected chi connectivity index (χ0v) is 16.8. The van der Waals surface area contributed by atoms with Gasteiger partial charge in [0.2, 0.25) is 25.4 Å². The van der Waals surface area contributed by atoms with E-state index in [1.165, 1.54) is 0 Å². The number of likely N-dealkylation sites (tertiary alicyclic amines) is 1. The van der Waals surface area contributed by atoms with Gasteiger partial charge in [0.05, 0.1) is 12.5 Å². The fourth-order valence-electron chi connectivity index (χ4n) is 4.10. The molecule has 156 valence electrons. The van der Waals surface area contributed by atoms with Crippen molar-refractivity contribution in [1.82, 2.24) is 4.90 Å². The number of rotatable bonds is 5. The van der Waals surface area contributed by atoms with E-state index in [4.69, 9.17) is 18.9 Å². The minimum Gasteiger partial charge on any atom is -0.454 e. The summed E-state index contributed by atoms with van der Waals surface area (Å²) in [6.07, 6.45) is 0.822. The lowest BCUT2D eigenvalue weighted by Gasteiger charge is -2.50. The zero-order valence-electron chi connectivity index (χ0n) is 16.8. The zero-order chi connectivity index (χ0) is 20.9. The molecule has 1 N–H and O–H groups in total. The minimum absolute atomic E-state index is 0.0529. The summed E-state index contributed by atoms with van der Waals surface area (Å²) in [7, 11) is 0. The summed E-state index contributed by atoms with van der Waals surface area (Å²) < 4.78 is 21.5. The van der Waals surface area contributed by atoms with E-state index >= 15 is 0 Å². The molecule has 30 heavy (non-hydrogen) atoms. The monoisotopic (exact) mass is 410 g/mol. The van der Waals surface area contributed by atoms with Crippen molar-refractivity contribution in [3.8, 4) is 23.0 Å². The molecule has 0 spiro atoms. The predicted molar refractivity (Wildman–Crippen MR) is 107 cm³/mol. The molecule has 0 radical (unpaired) electrons. The number of amides is 2. The summed E-state index contributed by atoms with van der Waals surface area (Å²) in [5.41, 5.74) is 0.512. The van der Waals surface area contributed by atoms with Crippen LogP contribution in [0.2, 0.25) is 0 Å². The van der Waals surface area contributed by atoms with Crippen molar-refractivity contribution in [2.45, 2.75) is 38.3 Å². The average molecular weight is 410 g/mol. The van der Waals surface area contributed by atoms with Crippen LogP contribution >= 0.6 is 0 Å². The van der Waals surface area contributed by atoms with Crippen molar-refractivity contribution >= 4 is 17.5 Å². The fraction of sp³-hybridized carbons (Fsp3) is 0.364. The molecule has 0 aliphatic carbocycles. The maximum absolute atomic E-state index is 13.3. The SMILES string of the molecule is CCC(C)(C(=O)Nc1ccc2c(c1)OCO2)N1C(=O)CC1c1ccc2c(c1)OCO2. The van der Waals surface area contributed by atoms with E-state index in [-0.39, 0.29) is 31.4 Å². The van der Waals surface area contributed by atoms with Gasteiger partial charge in [-0.3, -0.25) is 9.59 Å². The highest BCUT2D eigenvalue weighted by atomic mass is 16.7. The van der Waals surface area contributed by atoms with Crippen molar-refractivity contribution in [2.75, 3.05) is 18.9 Å². The van der Waals surface area contributed by atoms with Crippen molar-refractivity contribution in [3.63, 3.8) is 0 Å². The largest absolute Gasteiger partial charge is 0.454 e. The molecule has 0 bridgehead atoms. The lowest BCUT2D eigenvalue weighted by molar-refractivity contribution is -0.162. The van der Waals surface area contributed by atoms with Crippen molar-refractivity contribution in [3.05, 3.63) is 42.0 Å². The molecule has 2 unspecified atom stereocenters. The van der Waals surface area contributed by atoms with Gasteiger partial charge < -0.3 is 29.2 Å². The molecule has 3 aliphatic heterocycles. The quantitative estimate of drug-likeness (QED) is 0.762. The second-order valence-electron chi connectivity index (χ2n) is 7.75. The number of carbonyl (C=O) groups is 2. The molecule has 0 aromatic heterocycles. The minimum atomic E-state index is -1.01. The van der Waals surface area contributed by atoms with Gasteiger partial charge in [-0.15, -0.1) is 0 Å². The smallest absolute Gasteiger partial charge is 0.250 e. The van der Waals surface area contributed by atoms with Crippen LogP contribution in [0.15, 0.2) is 36.4 Å². The number of β-lactam (4-membered cyclic amide) rings is 1. The van der Waals surface area contributed by atoms with Crippen LogP contribution in [0.1, 0.15) is 38.3 Å². The Bertz CT molecular complexity index is 1040. The predicted octanol–water partition coefficient (Wildman–Crippen LogP) is 3.22. The van der Waals surface area contributed by atoms with Crippen LogP contribution in [0.25, 0.3) is 0 Å². The van der Waals surface area contributed by atoms with E-state index in [0.29, 0.717) is 41.5 Å². The van der Waals surface area contributed by atoms with Crippen molar-refractivity contribution < 1.29 is 28.5 Å². The molecule has 3 aliphatic rings. The summed E-state index contributed by atoms with van der Waals surface area (Å²) in [5, 5.41) is 2.93. The molecule has 1 fully saturated rings. The highest BCUT2D eigenvalue weighted by Crippen LogP contribution is 2.45. The van der Waals surface area contributed by atoms with E-state index in [9.17, 15) is 9.59 Å². The number of ether oxygens (including phenoxy) is 4. The van der Waals surface area contributed by atoms with Crippen LogP contribution in [0.4, 0.5) is 5.69 Å². The summed E-state index contributed by atoms with van der Waals surface area (Å²) in [5.74, 6) is 2.28. The van der Waals surface area contributed by atoms with Crippen LogP contribution in [0.3, 0.4) is 0 Å². The molecule has 8 nitrogen and oxygen atoms in total.